The second-order valence-corrected chi connectivity index (χ2v) is 7.71. The standard InChI is InChI=1S/C22H21ClF2N4O3/c23-20-9-17(25)5-6-21(20)32-14-19-13-28(7-8-31-19)22(30)27-18-10-26-29(12-18)11-15-1-3-16(24)4-2-15/h1-6,9-10,12,19H,7-8,11,13-14H2,(H,27,30). The van der Waals surface area contributed by atoms with Gasteiger partial charge in [0, 0.05) is 12.7 Å². The fraction of sp³-hybridized carbons (Fsp3) is 0.273. The average molecular weight is 463 g/mol. The SMILES string of the molecule is O=C(Nc1cnn(Cc2ccc(F)cc2)c1)N1CCOC(COc2ccc(F)cc2Cl)C1. The molecule has 1 aliphatic heterocycles. The molecule has 168 valence electrons. The quantitative estimate of drug-likeness (QED) is 0.597. The van der Waals surface area contributed by atoms with Crippen molar-refractivity contribution in [2.75, 3.05) is 31.6 Å². The minimum Gasteiger partial charge on any atom is -0.489 e. The molecule has 32 heavy (non-hydrogen) atoms. The number of aromatic nitrogens is 2. The molecule has 7 nitrogen and oxygen atoms in total. The fourth-order valence-corrected chi connectivity index (χ4v) is 3.50. The predicted octanol–water partition coefficient (Wildman–Crippen LogP) is 4.17. The number of halogens is 3. The number of anilines is 1. The average Bonchev–Trinajstić information content (AvgIpc) is 3.21. The summed E-state index contributed by atoms with van der Waals surface area (Å²) in [5.41, 5.74) is 1.44. The van der Waals surface area contributed by atoms with Crippen molar-refractivity contribution in [1.82, 2.24) is 14.7 Å². The van der Waals surface area contributed by atoms with E-state index in [1.54, 1.807) is 34.1 Å². The van der Waals surface area contributed by atoms with Crippen LogP contribution in [-0.4, -0.2) is 53.1 Å². The number of nitrogens with zero attached hydrogens (tertiary/aromatic N) is 3. The second-order valence-electron chi connectivity index (χ2n) is 7.31. The first kappa shape index (κ1) is 22.0. The Balaban J connectivity index is 1.28. The molecule has 0 aliphatic carbocycles. The first-order valence-corrected chi connectivity index (χ1v) is 10.4. The van der Waals surface area contributed by atoms with Crippen molar-refractivity contribution in [3.8, 4) is 5.75 Å². The lowest BCUT2D eigenvalue weighted by atomic mass is 10.2. The highest BCUT2D eigenvalue weighted by atomic mass is 35.5. The van der Waals surface area contributed by atoms with Gasteiger partial charge in [-0.3, -0.25) is 4.68 Å². The lowest BCUT2D eigenvalue weighted by Crippen LogP contribution is -2.49. The Bertz CT molecular complexity index is 1080. The van der Waals surface area contributed by atoms with Gasteiger partial charge in [0.2, 0.25) is 0 Å². The topological polar surface area (TPSA) is 68.6 Å². The van der Waals surface area contributed by atoms with Gasteiger partial charge in [-0.2, -0.15) is 5.10 Å². The summed E-state index contributed by atoms with van der Waals surface area (Å²) < 4.78 is 39.1. The lowest BCUT2D eigenvalue weighted by molar-refractivity contribution is -0.0336. The summed E-state index contributed by atoms with van der Waals surface area (Å²) in [7, 11) is 0. The van der Waals surface area contributed by atoms with Crippen molar-refractivity contribution >= 4 is 23.3 Å². The van der Waals surface area contributed by atoms with E-state index in [0.29, 0.717) is 37.7 Å². The number of ether oxygens (including phenoxy) is 2. The smallest absolute Gasteiger partial charge is 0.322 e. The Labute approximate surface area is 188 Å². The van der Waals surface area contributed by atoms with Crippen LogP contribution in [0.2, 0.25) is 5.02 Å². The van der Waals surface area contributed by atoms with Crippen LogP contribution in [0.5, 0.6) is 5.75 Å². The van der Waals surface area contributed by atoms with E-state index >= 15 is 0 Å². The van der Waals surface area contributed by atoms with Crippen LogP contribution in [0.1, 0.15) is 5.56 Å². The number of benzene rings is 2. The Morgan fingerprint density at radius 1 is 1.22 bits per heavy atom. The van der Waals surface area contributed by atoms with Gasteiger partial charge >= 0.3 is 6.03 Å². The van der Waals surface area contributed by atoms with Crippen molar-refractivity contribution in [3.05, 3.63) is 77.1 Å². The molecule has 3 aromatic rings. The summed E-state index contributed by atoms with van der Waals surface area (Å²) in [5.74, 6) is -0.385. The Morgan fingerprint density at radius 2 is 2.00 bits per heavy atom. The van der Waals surface area contributed by atoms with E-state index < -0.39 is 5.82 Å². The van der Waals surface area contributed by atoms with Gasteiger partial charge in [-0.15, -0.1) is 0 Å². The monoisotopic (exact) mass is 462 g/mol. The van der Waals surface area contributed by atoms with Crippen molar-refractivity contribution in [2.24, 2.45) is 0 Å². The third-order valence-electron chi connectivity index (χ3n) is 4.89. The highest BCUT2D eigenvalue weighted by Gasteiger charge is 2.25. The molecular weight excluding hydrogens is 442 g/mol. The van der Waals surface area contributed by atoms with Gasteiger partial charge in [0.05, 0.1) is 36.6 Å². The Kier molecular flexibility index (Phi) is 6.87. The van der Waals surface area contributed by atoms with Crippen molar-refractivity contribution < 1.29 is 23.0 Å². The van der Waals surface area contributed by atoms with E-state index in [1.165, 1.54) is 30.3 Å². The highest BCUT2D eigenvalue weighted by Crippen LogP contribution is 2.25. The van der Waals surface area contributed by atoms with Crippen LogP contribution in [0.3, 0.4) is 0 Å². The van der Waals surface area contributed by atoms with Crippen LogP contribution < -0.4 is 10.1 Å². The Morgan fingerprint density at radius 3 is 2.78 bits per heavy atom. The molecular formula is C22H21ClF2N4O3. The van der Waals surface area contributed by atoms with E-state index in [2.05, 4.69) is 10.4 Å². The molecule has 1 fully saturated rings. The van der Waals surface area contributed by atoms with E-state index in [9.17, 15) is 13.6 Å². The zero-order chi connectivity index (χ0) is 22.5. The summed E-state index contributed by atoms with van der Waals surface area (Å²) in [6.45, 7) is 1.75. The summed E-state index contributed by atoms with van der Waals surface area (Å²) >= 11 is 5.97. The van der Waals surface area contributed by atoms with Crippen molar-refractivity contribution in [1.29, 1.82) is 0 Å². The van der Waals surface area contributed by atoms with Crippen LogP contribution >= 0.6 is 11.6 Å². The summed E-state index contributed by atoms with van der Waals surface area (Å²) in [5, 5.41) is 7.23. The molecule has 1 unspecified atom stereocenters. The number of nitrogens with one attached hydrogen (secondary N) is 1. The minimum atomic E-state index is -0.444. The molecule has 2 amide bonds. The molecule has 1 N–H and O–H groups in total. The van der Waals surface area contributed by atoms with Gasteiger partial charge in [-0.1, -0.05) is 23.7 Å². The molecule has 4 rings (SSSR count). The molecule has 10 heteroatoms. The molecule has 0 saturated carbocycles. The number of hydrogen-bond acceptors (Lipinski definition) is 4. The van der Waals surface area contributed by atoms with Gasteiger partial charge in [0.15, 0.2) is 0 Å². The number of rotatable bonds is 6. The lowest BCUT2D eigenvalue weighted by Gasteiger charge is -2.32. The van der Waals surface area contributed by atoms with Crippen LogP contribution in [0.15, 0.2) is 54.9 Å². The van der Waals surface area contributed by atoms with E-state index in [1.807, 2.05) is 0 Å². The highest BCUT2D eigenvalue weighted by molar-refractivity contribution is 6.32. The van der Waals surface area contributed by atoms with Gasteiger partial charge in [0.1, 0.15) is 30.1 Å². The first-order chi connectivity index (χ1) is 15.5. The molecule has 2 aromatic carbocycles. The van der Waals surface area contributed by atoms with Gasteiger partial charge < -0.3 is 19.7 Å². The predicted molar refractivity (Wildman–Crippen MR) is 115 cm³/mol. The van der Waals surface area contributed by atoms with E-state index in [4.69, 9.17) is 21.1 Å². The molecule has 1 aromatic heterocycles. The van der Waals surface area contributed by atoms with Gasteiger partial charge in [0.25, 0.3) is 0 Å². The largest absolute Gasteiger partial charge is 0.489 e. The number of carbonyl (C=O) groups excluding carboxylic acids is 1. The van der Waals surface area contributed by atoms with Crippen molar-refractivity contribution in [3.63, 3.8) is 0 Å². The van der Waals surface area contributed by atoms with Crippen LogP contribution in [0.25, 0.3) is 0 Å². The normalized spacial score (nSPS) is 16.1. The van der Waals surface area contributed by atoms with E-state index in [0.717, 1.165) is 5.56 Å². The second kappa shape index (κ2) is 9.97. The maximum Gasteiger partial charge on any atom is 0.322 e. The summed E-state index contributed by atoms with van der Waals surface area (Å²) in [4.78, 5) is 14.3. The summed E-state index contributed by atoms with van der Waals surface area (Å²) in [6, 6.07) is 9.77. The van der Waals surface area contributed by atoms with E-state index in [-0.39, 0.29) is 29.6 Å². The fourth-order valence-electron chi connectivity index (χ4n) is 3.27. The van der Waals surface area contributed by atoms with Crippen molar-refractivity contribution in [2.45, 2.75) is 12.6 Å². The third-order valence-corrected chi connectivity index (χ3v) is 5.18. The number of carbonyl (C=O) groups is 1. The molecule has 1 atom stereocenters. The molecule has 1 aliphatic rings. The zero-order valence-corrected chi connectivity index (χ0v) is 17.8. The number of amides is 2. The molecule has 2 heterocycles. The Hall–Kier alpha value is -3.17. The summed E-state index contributed by atoms with van der Waals surface area (Å²) in [6.07, 6.45) is 2.91. The van der Waals surface area contributed by atoms with Crippen LogP contribution in [-0.2, 0) is 11.3 Å². The number of urea groups is 1. The molecule has 0 bridgehead atoms. The van der Waals surface area contributed by atoms with Crippen LogP contribution in [0, 0.1) is 11.6 Å². The number of morpholine rings is 1. The molecule has 1 saturated heterocycles. The minimum absolute atomic E-state index is 0.171. The first-order valence-electron chi connectivity index (χ1n) is 9.98. The van der Waals surface area contributed by atoms with Crippen LogP contribution in [0.4, 0.5) is 19.3 Å². The molecule has 0 spiro atoms. The van der Waals surface area contributed by atoms with Gasteiger partial charge in [-0.25, -0.2) is 13.6 Å². The maximum absolute atomic E-state index is 13.2. The maximum atomic E-state index is 13.2. The van der Waals surface area contributed by atoms with Gasteiger partial charge in [-0.05, 0) is 35.9 Å². The molecule has 0 radical (unpaired) electrons. The zero-order valence-electron chi connectivity index (χ0n) is 17.0. The number of hydrogen-bond donors (Lipinski definition) is 1. The third kappa shape index (κ3) is 5.74.